The molecule has 0 aliphatic carbocycles. The monoisotopic (exact) mass is 265 g/mol. The molecule has 1 aliphatic rings. The normalized spacial score (nSPS) is 13.6. The lowest BCUT2D eigenvalue weighted by atomic mass is 10.1. The largest absolute Gasteiger partial charge is 0.487 e. The summed E-state index contributed by atoms with van der Waals surface area (Å²) in [6.07, 6.45) is -4.34. The van der Waals surface area contributed by atoms with E-state index in [1.54, 1.807) is 18.2 Å². The zero-order valence-corrected chi connectivity index (χ0v) is 9.79. The Morgan fingerprint density at radius 3 is 2.58 bits per heavy atom. The Balaban J connectivity index is 2.05. The second kappa shape index (κ2) is 4.19. The third kappa shape index (κ3) is 2.23. The standard InChI is InChI=1S/C14H10F3NO/c15-14(16,17)10-6-5-9-8-19-13-4-2-1-3-11(13)18-12(9)7-10/h1-7,18H,8H2. The van der Waals surface area contributed by atoms with Gasteiger partial charge in [0.25, 0.3) is 0 Å². The van der Waals surface area contributed by atoms with Gasteiger partial charge >= 0.3 is 6.18 Å². The van der Waals surface area contributed by atoms with Crippen LogP contribution in [0.5, 0.6) is 5.75 Å². The lowest BCUT2D eigenvalue weighted by Gasteiger charge is -2.12. The van der Waals surface area contributed by atoms with E-state index in [0.717, 1.165) is 12.1 Å². The number of anilines is 2. The molecule has 98 valence electrons. The van der Waals surface area contributed by atoms with Crippen LogP contribution in [0.4, 0.5) is 24.5 Å². The van der Waals surface area contributed by atoms with Gasteiger partial charge in [-0.2, -0.15) is 13.2 Å². The van der Waals surface area contributed by atoms with Gasteiger partial charge in [0.05, 0.1) is 11.3 Å². The molecular formula is C14H10F3NO. The number of alkyl halides is 3. The minimum Gasteiger partial charge on any atom is -0.487 e. The summed E-state index contributed by atoms with van der Waals surface area (Å²) in [4.78, 5) is 0. The average Bonchev–Trinajstić information content (AvgIpc) is 2.55. The van der Waals surface area contributed by atoms with Gasteiger partial charge in [0.1, 0.15) is 12.4 Å². The zero-order valence-electron chi connectivity index (χ0n) is 9.79. The number of ether oxygens (including phenoxy) is 1. The molecule has 0 fully saturated rings. The van der Waals surface area contributed by atoms with Crippen LogP contribution in [0.25, 0.3) is 0 Å². The van der Waals surface area contributed by atoms with E-state index in [1.807, 2.05) is 6.07 Å². The van der Waals surface area contributed by atoms with Crippen LogP contribution in [-0.2, 0) is 12.8 Å². The molecule has 1 heterocycles. The van der Waals surface area contributed by atoms with Crippen molar-refractivity contribution in [3.8, 4) is 5.75 Å². The van der Waals surface area contributed by atoms with Crippen molar-refractivity contribution in [1.82, 2.24) is 0 Å². The SMILES string of the molecule is FC(F)(F)c1ccc2c(c1)Nc1ccccc1OC2. The first-order valence-corrected chi connectivity index (χ1v) is 5.73. The second-order valence-corrected chi connectivity index (χ2v) is 4.28. The molecule has 0 saturated carbocycles. The van der Waals surface area contributed by atoms with Gasteiger partial charge in [-0.25, -0.2) is 0 Å². The predicted octanol–water partition coefficient (Wildman–Crippen LogP) is 4.34. The highest BCUT2D eigenvalue weighted by molar-refractivity contribution is 5.70. The summed E-state index contributed by atoms with van der Waals surface area (Å²) in [5.74, 6) is 0.632. The minimum absolute atomic E-state index is 0.248. The Morgan fingerprint density at radius 1 is 1.00 bits per heavy atom. The van der Waals surface area contributed by atoms with Gasteiger partial charge in [0.2, 0.25) is 0 Å². The van der Waals surface area contributed by atoms with Gasteiger partial charge in [-0.3, -0.25) is 0 Å². The van der Waals surface area contributed by atoms with Crippen LogP contribution in [0.2, 0.25) is 0 Å². The third-order valence-corrected chi connectivity index (χ3v) is 2.98. The highest BCUT2D eigenvalue weighted by Crippen LogP contribution is 2.37. The fourth-order valence-electron chi connectivity index (χ4n) is 1.99. The predicted molar refractivity (Wildman–Crippen MR) is 65.5 cm³/mol. The summed E-state index contributed by atoms with van der Waals surface area (Å²) in [5, 5.41) is 2.99. The summed E-state index contributed by atoms with van der Waals surface area (Å²) in [5.41, 5.74) is 1.13. The smallest absolute Gasteiger partial charge is 0.416 e. The molecule has 0 saturated heterocycles. The Hall–Kier alpha value is -2.17. The number of hydrogen-bond acceptors (Lipinski definition) is 2. The van der Waals surface area contributed by atoms with E-state index in [1.165, 1.54) is 6.07 Å². The Labute approximate surface area is 107 Å². The van der Waals surface area contributed by atoms with Gasteiger partial charge in [-0.1, -0.05) is 18.2 Å². The molecule has 0 unspecified atom stereocenters. The van der Waals surface area contributed by atoms with E-state index in [0.29, 0.717) is 22.7 Å². The maximum absolute atomic E-state index is 12.7. The molecule has 2 aromatic carbocycles. The molecule has 1 aliphatic heterocycles. The van der Waals surface area contributed by atoms with Crippen molar-refractivity contribution in [3.05, 3.63) is 53.6 Å². The van der Waals surface area contributed by atoms with Crippen LogP contribution >= 0.6 is 0 Å². The van der Waals surface area contributed by atoms with Crippen molar-refractivity contribution in [2.75, 3.05) is 5.32 Å². The van der Waals surface area contributed by atoms with Gasteiger partial charge in [-0.05, 0) is 24.3 Å². The Kier molecular flexibility index (Phi) is 2.62. The van der Waals surface area contributed by atoms with E-state index in [-0.39, 0.29) is 6.61 Å². The van der Waals surface area contributed by atoms with Crippen LogP contribution < -0.4 is 10.1 Å². The second-order valence-electron chi connectivity index (χ2n) is 4.28. The Morgan fingerprint density at radius 2 is 1.79 bits per heavy atom. The molecule has 0 bridgehead atoms. The van der Waals surface area contributed by atoms with Crippen molar-refractivity contribution >= 4 is 11.4 Å². The van der Waals surface area contributed by atoms with Crippen LogP contribution in [0.3, 0.4) is 0 Å². The van der Waals surface area contributed by atoms with Crippen molar-refractivity contribution in [3.63, 3.8) is 0 Å². The average molecular weight is 265 g/mol. The van der Waals surface area contributed by atoms with Crippen molar-refractivity contribution in [2.24, 2.45) is 0 Å². The van der Waals surface area contributed by atoms with Gasteiger partial charge in [0.15, 0.2) is 0 Å². The lowest BCUT2D eigenvalue weighted by molar-refractivity contribution is -0.137. The molecule has 3 rings (SSSR count). The van der Waals surface area contributed by atoms with Gasteiger partial charge < -0.3 is 10.1 Å². The summed E-state index contributed by atoms with van der Waals surface area (Å²) in [7, 11) is 0. The van der Waals surface area contributed by atoms with Crippen LogP contribution in [0.15, 0.2) is 42.5 Å². The summed E-state index contributed by atoms with van der Waals surface area (Å²) in [6.45, 7) is 0.248. The molecule has 2 nitrogen and oxygen atoms in total. The summed E-state index contributed by atoms with van der Waals surface area (Å²) >= 11 is 0. The number of para-hydroxylation sites is 2. The number of benzene rings is 2. The van der Waals surface area contributed by atoms with E-state index in [4.69, 9.17) is 4.74 Å². The number of hydrogen-bond donors (Lipinski definition) is 1. The first kappa shape index (κ1) is 11.9. The Bertz CT molecular complexity index is 622. The van der Waals surface area contributed by atoms with Crippen molar-refractivity contribution in [2.45, 2.75) is 12.8 Å². The minimum atomic E-state index is -4.34. The maximum atomic E-state index is 12.7. The zero-order chi connectivity index (χ0) is 13.5. The molecule has 2 aromatic rings. The van der Waals surface area contributed by atoms with Crippen LogP contribution in [0, 0.1) is 0 Å². The maximum Gasteiger partial charge on any atom is 0.416 e. The number of nitrogens with one attached hydrogen (secondary N) is 1. The quantitative estimate of drug-likeness (QED) is 0.765. The van der Waals surface area contributed by atoms with E-state index >= 15 is 0 Å². The molecule has 5 heteroatoms. The van der Waals surface area contributed by atoms with Crippen molar-refractivity contribution in [1.29, 1.82) is 0 Å². The summed E-state index contributed by atoms with van der Waals surface area (Å²) < 4.78 is 43.6. The van der Waals surface area contributed by atoms with E-state index < -0.39 is 11.7 Å². The first-order valence-electron chi connectivity index (χ1n) is 5.73. The first-order chi connectivity index (χ1) is 9.04. The number of halogens is 3. The van der Waals surface area contributed by atoms with E-state index in [2.05, 4.69) is 5.32 Å². The molecule has 0 radical (unpaired) electrons. The number of fused-ring (bicyclic) bond motifs is 2. The topological polar surface area (TPSA) is 21.3 Å². The highest BCUT2D eigenvalue weighted by Gasteiger charge is 2.31. The molecule has 19 heavy (non-hydrogen) atoms. The van der Waals surface area contributed by atoms with E-state index in [9.17, 15) is 13.2 Å². The molecule has 0 amide bonds. The fourth-order valence-corrected chi connectivity index (χ4v) is 1.99. The molecule has 1 N–H and O–H groups in total. The van der Waals surface area contributed by atoms with Gasteiger partial charge in [0, 0.05) is 11.3 Å². The fraction of sp³-hybridized carbons (Fsp3) is 0.143. The van der Waals surface area contributed by atoms with Crippen LogP contribution in [0.1, 0.15) is 11.1 Å². The lowest BCUT2D eigenvalue weighted by Crippen LogP contribution is -2.06. The highest BCUT2D eigenvalue weighted by atomic mass is 19.4. The van der Waals surface area contributed by atoms with Gasteiger partial charge in [-0.15, -0.1) is 0 Å². The number of rotatable bonds is 0. The molecule has 0 spiro atoms. The summed E-state index contributed by atoms with van der Waals surface area (Å²) in [6, 6.07) is 10.8. The molecular weight excluding hydrogens is 255 g/mol. The molecule has 0 atom stereocenters. The van der Waals surface area contributed by atoms with Crippen molar-refractivity contribution < 1.29 is 17.9 Å². The molecule has 0 aromatic heterocycles. The van der Waals surface area contributed by atoms with Crippen LogP contribution in [-0.4, -0.2) is 0 Å². The third-order valence-electron chi connectivity index (χ3n) is 2.98.